The number of fused-ring (bicyclic) bond motifs is 3. The lowest BCUT2D eigenvalue weighted by molar-refractivity contribution is 0.295. The standard InChI is InChI=1S/C19H18Cl2N2O/c20-13-5-11(6-14(21)9-13)12-7-15-16-10-22-2-1-17(16)23-3-4-24-18(8-12)19(15)23/h5-9,16-17,22H,1-4,10H2/t16-,17-/m0/s1. The summed E-state index contributed by atoms with van der Waals surface area (Å²) in [7, 11) is 0. The number of anilines is 1. The van der Waals surface area contributed by atoms with Crippen LogP contribution in [0, 0.1) is 0 Å². The number of nitrogens with one attached hydrogen (secondary N) is 1. The predicted octanol–water partition coefficient (Wildman–Crippen LogP) is 4.32. The van der Waals surface area contributed by atoms with Crippen molar-refractivity contribution in [3.05, 3.63) is 45.9 Å². The third-order valence-corrected chi connectivity index (χ3v) is 5.86. The van der Waals surface area contributed by atoms with Crippen molar-refractivity contribution in [1.82, 2.24) is 5.32 Å². The Labute approximate surface area is 151 Å². The van der Waals surface area contributed by atoms with E-state index in [0.29, 0.717) is 22.0 Å². The Morgan fingerprint density at radius 2 is 1.83 bits per heavy atom. The highest BCUT2D eigenvalue weighted by molar-refractivity contribution is 6.35. The van der Waals surface area contributed by atoms with Crippen LogP contribution in [-0.4, -0.2) is 32.3 Å². The molecule has 3 nitrogen and oxygen atoms in total. The molecule has 1 fully saturated rings. The quantitative estimate of drug-likeness (QED) is 0.819. The van der Waals surface area contributed by atoms with Crippen molar-refractivity contribution in [3.8, 4) is 16.9 Å². The van der Waals surface area contributed by atoms with Crippen molar-refractivity contribution in [2.45, 2.75) is 18.4 Å². The van der Waals surface area contributed by atoms with Gasteiger partial charge in [0, 0.05) is 28.5 Å². The molecular weight excluding hydrogens is 343 g/mol. The number of nitrogens with zero attached hydrogens (tertiary/aromatic N) is 1. The van der Waals surface area contributed by atoms with E-state index < -0.39 is 0 Å². The average Bonchev–Trinajstić information content (AvgIpc) is 2.90. The van der Waals surface area contributed by atoms with Gasteiger partial charge in [-0.05, 0) is 60.0 Å². The normalized spacial score (nSPS) is 24.3. The van der Waals surface area contributed by atoms with Crippen LogP contribution < -0.4 is 15.0 Å². The molecule has 0 spiro atoms. The summed E-state index contributed by atoms with van der Waals surface area (Å²) < 4.78 is 6.02. The summed E-state index contributed by atoms with van der Waals surface area (Å²) in [6.07, 6.45) is 1.19. The van der Waals surface area contributed by atoms with E-state index in [1.165, 1.54) is 17.7 Å². The summed E-state index contributed by atoms with van der Waals surface area (Å²) >= 11 is 12.4. The molecule has 0 saturated carbocycles. The number of ether oxygens (including phenoxy) is 1. The number of hydrogen-bond acceptors (Lipinski definition) is 3. The Morgan fingerprint density at radius 3 is 2.67 bits per heavy atom. The summed E-state index contributed by atoms with van der Waals surface area (Å²) in [6, 6.07) is 10.7. The maximum absolute atomic E-state index is 6.20. The van der Waals surface area contributed by atoms with E-state index in [1.54, 1.807) is 6.07 Å². The zero-order chi connectivity index (χ0) is 16.3. The molecule has 5 heteroatoms. The Morgan fingerprint density at radius 1 is 1.04 bits per heavy atom. The van der Waals surface area contributed by atoms with Crippen molar-refractivity contribution >= 4 is 28.9 Å². The summed E-state index contributed by atoms with van der Waals surface area (Å²) in [4.78, 5) is 2.56. The highest BCUT2D eigenvalue weighted by Crippen LogP contribution is 2.51. The lowest BCUT2D eigenvalue weighted by Crippen LogP contribution is -2.46. The van der Waals surface area contributed by atoms with E-state index in [4.69, 9.17) is 27.9 Å². The second-order valence-corrected chi connectivity index (χ2v) is 7.65. The van der Waals surface area contributed by atoms with Crippen LogP contribution in [0.25, 0.3) is 11.1 Å². The molecule has 124 valence electrons. The van der Waals surface area contributed by atoms with E-state index in [1.807, 2.05) is 12.1 Å². The predicted molar refractivity (Wildman–Crippen MR) is 98.8 cm³/mol. The fourth-order valence-electron chi connectivity index (χ4n) is 4.45. The summed E-state index contributed by atoms with van der Waals surface area (Å²) in [5.74, 6) is 1.53. The van der Waals surface area contributed by atoms with Crippen LogP contribution in [0.5, 0.6) is 5.75 Å². The average molecular weight is 361 g/mol. The summed E-state index contributed by atoms with van der Waals surface area (Å²) in [5.41, 5.74) is 4.87. The largest absolute Gasteiger partial charge is 0.490 e. The molecule has 0 radical (unpaired) electrons. The van der Waals surface area contributed by atoms with E-state index in [0.717, 1.165) is 43.1 Å². The van der Waals surface area contributed by atoms with Crippen molar-refractivity contribution in [3.63, 3.8) is 0 Å². The van der Waals surface area contributed by atoms with Crippen molar-refractivity contribution in [2.75, 3.05) is 31.1 Å². The smallest absolute Gasteiger partial charge is 0.143 e. The fraction of sp³-hybridized carbons (Fsp3) is 0.368. The number of halogens is 2. The minimum atomic E-state index is 0.531. The lowest BCUT2D eigenvalue weighted by Gasteiger charge is -2.36. The molecular formula is C19H18Cl2N2O. The molecule has 24 heavy (non-hydrogen) atoms. The Hall–Kier alpha value is -1.42. The van der Waals surface area contributed by atoms with Gasteiger partial charge >= 0.3 is 0 Å². The number of rotatable bonds is 1. The van der Waals surface area contributed by atoms with Gasteiger partial charge in [0.15, 0.2) is 0 Å². The SMILES string of the molecule is Clc1cc(Cl)cc(-c2cc3c4c(c2)[C@@H]2CNCC[C@@H]2N4CCO3)c1. The van der Waals surface area contributed by atoms with Crippen molar-refractivity contribution < 1.29 is 4.74 Å². The van der Waals surface area contributed by atoms with Gasteiger partial charge in [-0.25, -0.2) is 0 Å². The minimum Gasteiger partial charge on any atom is -0.490 e. The molecule has 3 heterocycles. The van der Waals surface area contributed by atoms with Gasteiger partial charge in [0.1, 0.15) is 12.4 Å². The molecule has 0 aromatic heterocycles. The number of hydrogen-bond donors (Lipinski definition) is 1. The molecule has 0 unspecified atom stereocenters. The first kappa shape index (κ1) is 14.9. The monoisotopic (exact) mass is 360 g/mol. The van der Waals surface area contributed by atoms with Gasteiger partial charge in [-0.3, -0.25) is 0 Å². The van der Waals surface area contributed by atoms with Crippen LogP contribution in [-0.2, 0) is 0 Å². The molecule has 0 bridgehead atoms. The van der Waals surface area contributed by atoms with Crippen LogP contribution in [0.1, 0.15) is 17.9 Å². The third-order valence-electron chi connectivity index (χ3n) is 5.42. The highest BCUT2D eigenvalue weighted by Gasteiger charge is 2.43. The molecule has 2 aromatic rings. The van der Waals surface area contributed by atoms with Crippen LogP contribution in [0.2, 0.25) is 10.0 Å². The van der Waals surface area contributed by atoms with E-state index in [9.17, 15) is 0 Å². The molecule has 2 aromatic carbocycles. The molecule has 1 saturated heterocycles. The Bertz CT molecular complexity index is 803. The molecule has 3 aliphatic heterocycles. The van der Waals surface area contributed by atoms with E-state index in [-0.39, 0.29) is 0 Å². The van der Waals surface area contributed by atoms with Gasteiger partial charge < -0.3 is 15.0 Å². The first-order valence-electron chi connectivity index (χ1n) is 8.45. The van der Waals surface area contributed by atoms with Gasteiger partial charge in [0.05, 0.1) is 12.2 Å². The molecule has 0 amide bonds. The first-order chi connectivity index (χ1) is 11.7. The van der Waals surface area contributed by atoms with Gasteiger partial charge in [0.2, 0.25) is 0 Å². The lowest BCUT2D eigenvalue weighted by atomic mass is 9.88. The Balaban J connectivity index is 1.68. The fourth-order valence-corrected chi connectivity index (χ4v) is 4.98. The van der Waals surface area contributed by atoms with Crippen molar-refractivity contribution in [2.24, 2.45) is 0 Å². The summed E-state index contributed by atoms with van der Waals surface area (Å²) in [5, 5.41) is 4.87. The number of benzene rings is 2. The second kappa shape index (κ2) is 5.55. The second-order valence-electron chi connectivity index (χ2n) is 6.78. The molecule has 2 atom stereocenters. The highest BCUT2D eigenvalue weighted by atomic mass is 35.5. The zero-order valence-corrected chi connectivity index (χ0v) is 14.7. The maximum atomic E-state index is 6.20. The molecule has 0 aliphatic carbocycles. The zero-order valence-electron chi connectivity index (χ0n) is 13.2. The summed E-state index contributed by atoms with van der Waals surface area (Å²) in [6.45, 7) is 3.87. The van der Waals surface area contributed by atoms with E-state index in [2.05, 4.69) is 22.3 Å². The minimum absolute atomic E-state index is 0.531. The molecule has 3 aliphatic rings. The Kier molecular flexibility index (Phi) is 3.44. The van der Waals surface area contributed by atoms with Gasteiger partial charge in [-0.1, -0.05) is 23.2 Å². The molecule has 1 N–H and O–H groups in total. The maximum Gasteiger partial charge on any atom is 0.143 e. The van der Waals surface area contributed by atoms with E-state index >= 15 is 0 Å². The first-order valence-corrected chi connectivity index (χ1v) is 9.21. The van der Waals surface area contributed by atoms with Gasteiger partial charge in [0.25, 0.3) is 0 Å². The van der Waals surface area contributed by atoms with Crippen LogP contribution in [0.4, 0.5) is 5.69 Å². The van der Waals surface area contributed by atoms with Crippen molar-refractivity contribution in [1.29, 1.82) is 0 Å². The number of piperidine rings is 1. The van der Waals surface area contributed by atoms with Crippen LogP contribution >= 0.6 is 23.2 Å². The van der Waals surface area contributed by atoms with Gasteiger partial charge in [-0.15, -0.1) is 0 Å². The van der Waals surface area contributed by atoms with Crippen LogP contribution in [0.15, 0.2) is 30.3 Å². The van der Waals surface area contributed by atoms with Crippen LogP contribution in [0.3, 0.4) is 0 Å². The van der Waals surface area contributed by atoms with Gasteiger partial charge in [-0.2, -0.15) is 0 Å². The topological polar surface area (TPSA) is 24.5 Å². The molecule has 5 rings (SSSR count). The third kappa shape index (κ3) is 2.22.